The largest absolute Gasteiger partial charge is 0.259 e. The average Bonchev–Trinajstić information content (AvgIpc) is 2.97. The Morgan fingerprint density at radius 1 is 0.880 bits per heavy atom. The molecule has 0 bridgehead atoms. The number of halogens is 3. The molecule has 1 heterocycles. The summed E-state index contributed by atoms with van der Waals surface area (Å²) in [5.74, 6) is -0.269. The predicted octanol–water partition coefficient (Wildman–Crippen LogP) is 6.20. The van der Waals surface area contributed by atoms with Crippen LogP contribution in [0, 0.1) is 5.82 Å². The van der Waals surface area contributed by atoms with Gasteiger partial charge in [-0.1, -0.05) is 47.5 Å². The minimum Gasteiger partial charge on any atom is -0.259 e. The molecule has 0 amide bonds. The Morgan fingerprint density at radius 2 is 1.60 bits per heavy atom. The molecule has 4 rings (SSSR count). The summed E-state index contributed by atoms with van der Waals surface area (Å²) in [4.78, 5) is 0. The zero-order chi connectivity index (χ0) is 17.4. The van der Waals surface area contributed by atoms with Crippen molar-refractivity contribution >= 4 is 34.1 Å². The molecule has 3 aromatic carbocycles. The van der Waals surface area contributed by atoms with E-state index in [1.807, 2.05) is 47.1 Å². The van der Waals surface area contributed by atoms with Crippen LogP contribution in [-0.4, -0.2) is 9.78 Å². The molecule has 1 aromatic heterocycles. The summed E-state index contributed by atoms with van der Waals surface area (Å²) >= 11 is 12.3. The number of hydrogen-bond acceptors (Lipinski definition) is 1. The first-order valence-electron chi connectivity index (χ1n) is 7.77. The van der Waals surface area contributed by atoms with Crippen molar-refractivity contribution in [2.75, 3.05) is 0 Å². The highest BCUT2D eigenvalue weighted by atomic mass is 35.5. The minimum atomic E-state index is -0.269. The van der Waals surface area contributed by atoms with Crippen LogP contribution in [0.15, 0.2) is 66.7 Å². The van der Waals surface area contributed by atoms with E-state index in [-0.39, 0.29) is 5.82 Å². The van der Waals surface area contributed by atoms with Gasteiger partial charge in [-0.3, -0.25) is 4.68 Å². The summed E-state index contributed by atoms with van der Waals surface area (Å²) in [5, 5.41) is 6.91. The van der Waals surface area contributed by atoms with E-state index in [0.717, 1.165) is 27.7 Å². The third-order valence-electron chi connectivity index (χ3n) is 4.08. The third-order valence-corrected chi connectivity index (χ3v) is 4.64. The fraction of sp³-hybridized carbons (Fsp3) is 0.0500. The summed E-state index contributed by atoms with van der Waals surface area (Å²) in [7, 11) is 0. The first-order valence-corrected chi connectivity index (χ1v) is 8.53. The SMILES string of the molecule is Fc1ccc(-c2c3cccc(Cl)c3nn2Cc2ccc(Cl)cc2)cc1. The number of hydrogen-bond donors (Lipinski definition) is 0. The number of aromatic nitrogens is 2. The van der Waals surface area contributed by atoms with Gasteiger partial charge in [0.1, 0.15) is 11.3 Å². The average molecular weight is 371 g/mol. The maximum atomic E-state index is 13.3. The van der Waals surface area contributed by atoms with E-state index in [1.165, 1.54) is 12.1 Å². The Kier molecular flexibility index (Phi) is 4.20. The van der Waals surface area contributed by atoms with Gasteiger partial charge in [0.25, 0.3) is 0 Å². The molecule has 0 aliphatic rings. The molecule has 0 spiro atoms. The zero-order valence-electron chi connectivity index (χ0n) is 13.1. The molecule has 124 valence electrons. The lowest BCUT2D eigenvalue weighted by atomic mass is 10.1. The van der Waals surface area contributed by atoms with Crippen molar-refractivity contribution in [3.05, 3.63) is 88.2 Å². The number of benzene rings is 3. The first kappa shape index (κ1) is 16.1. The molecule has 2 nitrogen and oxygen atoms in total. The van der Waals surface area contributed by atoms with Crippen molar-refractivity contribution in [2.45, 2.75) is 6.54 Å². The second-order valence-corrected chi connectivity index (χ2v) is 6.62. The molecule has 0 aliphatic carbocycles. The van der Waals surface area contributed by atoms with E-state index < -0.39 is 0 Å². The van der Waals surface area contributed by atoms with Gasteiger partial charge in [0.05, 0.1) is 17.3 Å². The Labute approximate surface area is 154 Å². The van der Waals surface area contributed by atoms with Gasteiger partial charge in [0.15, 0.2) is 0 Å². The summed E-state index contributed by atoms with van der Waals surface area (Å²) in [6.45, 7) is 0.564. The van der Waals surface area contributed by atoms with Crippen molar-refractivity contribution in [3.63, 3.8) is 0 Å². The Hall–Kier alpha value is -2.36. The number of nitrogens with zero attached hydrogens (tertiary/aromatic N) is 2. The van der Waals surface area contributed by atoms with Crippen LogP contribution >= 0.6 is 23.2 Å². The number of rotatable bonds is 3. The summed E-state index contributed by atoms with van der Waals surface area (Å²) in [6.07, 6.45) is 0. The summed E-state index contributed by atoms with van der Waals surface area (Å²) in [5.41, 5.74) is 3.60. The van der Waals surface area contributed by atoms with Crippen LogP contribution in [0.25, 0.3) is 22.2 Å². The standard InChI is InChI=1S/C20H13Cl2FN2/c21-15-8-4-13(5-9-15)12-25-20(14-6-10-16(23)11-7-14)17-2-1-3-18(22)19(17)24-25/h1-11H,12H2. The van der Waals surface area contributed by atoms with Crippen molar-refractivity contribution in [1.82, 2.24) is 9.78 Å². The highest BCUT2D eigenvalue weighted by Gasteiger charge is 2.15. The molecular formula is C20H13Cl2FN2. The van der Waals surface area contributed by atoms with Gasteiger partial charge in [-0.25, -0.2) is 4.39 Å². The Morgan fingerprint density at radius 3 is 2.32 bits per heavy atom. The van der Waals surface area contributed by atoms with Gasteiger partial charge in [0, 0.05) is 16.0 Å². The highest BCUT2D eigenvalue weighted by molar-refractivity contribution is 6.35. The molecule has 0 saturated heterocycles. The maximum Gasteiger partial charge on any atom is 0.123 e. The molecule has 4 aromatic rings. The molecule has 0 saturated carbocycles. The van der Waals surface area contributed by atoms with Gasteiger partial charge in [-0.15, -0.1) is 0 Å². The van der Waals surface area contributed by atoms with Gasteiger partial charge in [-0.05, 0) is 48.0 Å². The van der Waals surface area contributed by atoms with Gasteiger partial charge in [0.2, 0.25) is 0 Å². The molecular weight excluding hydrogens is 358 g/mol. The lowest BCUT2D eigenvalue weighted by Gasteiger charge is -2.09. The Balaban J connectivity index is 1.90. The molecule has 0 aliphatic heterocycles. The predicted molar refractivity (Wildman–Crippen MR) is 101 cm³/mol. The van der Waals surface area contributed by atoms with Crippen LogP contribution in [0.4, 0.5) is 4.39 Å². The van der Waals surface area contributed by atoms with Crippen LogP contribution in [0.5, 0.6) is 0 Å². The van der Waals surface area contributed by atoms with Gasteiger partial charge in [-0.2, -0.15) is 5.10 Å². The second kappa shape index (κ2) is 6.51. The third kappa shape index (κ3) is 3.13. The smallest absolute Gasteiger partial charge is 0.123 e. The molecule has 0 unspecified atom stereocenters. The monoisotopic (exact) mass is 370 g/mol. The molecule has 0 N–H and O–H groups in total. The molecule has 0 radical (unpaired) electrons. The van der Waals surface area contributed by atoms with Crippen LogP contribution in [0.3, 0.4) is 0 Å². The van der Waals surface area contributed by atoms with E-state index in [0.29, 0.717) is 16.6 Å². The first-order chi connectivity index (χ1) is 12.1. The van der Waals surface area contributed by atoms with Gasteiger partial charge < -0.3 is 0 Å². The topological polar surface area (TPSA) is 17.8 Å². The molecule has 5 heteroatoms. The highest BCUT2D eigenvalue weighted by Crippen LogP contribution is 2.33. The maximum absolute atomic E-state index is 13.3. The Bertz CT molecular complexity index is 1040. The van der Waals surface area contributed by atoms with Gasteiger partial charge >= 0.3 is 0 Å². The fourth-order valence-corrected chi connectivity index (χ4v) is 3.25. The summed E-state index contributed by atoms with van der Waals surface area (Å²) < 4.78 is 15.2. The van der Waals surface area contributed by atoms with Crippen LogP contribution in [0.1, 0.15) is 5.56 Å². The molecule has 0 atom stereocenters. The number of fused-ring (bicyclic) bond motifs is 1. The van der Waals surface area contributed by atoms with E-state index in [2.05, 4.69) is 5.10 Å². The van der Waals surface area contributed by atoms with Crippen molar-refractivity contribution < 1.29 is 4.39 Å². The lowest BCUT2D eigenvalue weighted by Crippen LogP contribution is -2.03. The minimum absolute atomic E-state index is 0.269. The van der Waals surface area contributed by atoms with E-state index >= 15 is 0 Å². The molecule has 25 heavy (non-hydrogen) atoms. The van der Waals surface area contributed by atoms with E-state index in [9.17, 15) is 4.39 Å². The van der Waals surface area contributed by atoms with E-state index in [1.54, 1.807) is 12.1 Å². The van der Waals surface area contributed by atoms with E-state index in [4.69, 9.17) is 23.2 Å². The van der Waals surface area contributed by atoms with Crippen LogP contribution in [-0.2, 0) is 6.54 Å². The van der Waals surface area contributed by atoms with Crippen molar-refractivity contribution in [3.8, 4) is 11.3 Å². The quantitative estimate of drug-likeness (QED) is 0.419. The fourth-order valence-electron chi connectivity index (χ4n) is 2.91. The van der Waals surface area contributed by atoms with Crippen molar-refractivity contribution in [1.29, 1.82) is 0 Å². The van der Waals surface area contributed by atoms with Crippen LogP contribution < -0.4 is 0 Å². The van der Waals surface area contributed by atoms with Crippen LogP contribution in [0.2, 0.25) is 10.0 Å². The van der Waals surface area contributed by atoms with Crippen molar-refractivity contribution in [2.24, 2.45) is 0 Å². The molecule has 0 fully saturated rings. The summed E-state index contributed by atoms with van der Waals surface area (Å²) in [6, 6.07) is 19.7. The zero-order valence-corrected chi connectivity index (χ0v) is 14.6. The normalized spacial score (nSPS) is 11.2. The lowest BCUT2D eigenvalue weighted by molar-refractivity contribution is 0.628. The second-order valence-electron chi connectivity index (χ2n) is 5.78.